The first-order valence-electron chi connectivity index (χ1n) is 4.39. The number of nitrogens with one attached hydrogen (secondary N) is 1. The zero-order chi connectivity index (χ0) is 11.6. The van der Waals surface area contributed by atoms with Crippen molar-refractivity contribution in [2.45, 2.75) is 6.18 Å². The van der Waals surface area contributed by atoms with E-state index < -0.39 is 11.7 Å². The van der Waals surface area contributed by atoms with Crippen LogP contribution in [0.2, 0.25) is 0 Å². The number of alkyl halides is 3. The molecule has 0 spiro atoms. The van der Waals surface area contributed by atoms with Crippen LogP contribution in [0.3, 0.4) is 0 Å². The van der Waals surface area contributed by atoms with Gasteiger partial charge in [-0.25, -0.2) is 0 Å². The van der Waals surface area contributed by atoms with E-state index >= 15 is 0 Å². The average Bonchev–Trinajstić information content (AvgIpc) is 2.70. The van der Waals surface area contributed by atoms with Crippen molar-refractivity contribution in [1.82, 2.24) is 10.2 Å². The van der Waals surface area contributed by atoms with E-state index in [1.54, 1.807) is 0 Å². The number of aromatic nitrogens is 2. The van der Waals surface area contributed by atoms with E-state index in [9.17, 15) is 13.2 Å². The van der Waals surface area contributed by atoms with Gasteiger partial charge in [-0.3, -0.25) is 5.10 Å². The maximum Gasteiger partial charge on any atom is 0.416 e. The highest BCUT2D eigenvalue weighted by Gasteiger charge is 2.29. The minimum Gasteiger partial charge on any atom is -0.454 e. The molecule has 1 aromatic heterocycles. The molecule has 1 heterocycles. The van der Waals surface area contributed by atoms with E-state index in [-0.39, 0.29) is 0 Å². The molecule has 6 heteroatoms. The fraction of sp³-hybridized carbons (Fsp3) is 0.100. The molecule has 0 radical (unpaired) electrons. The van der Waals surface area contributed by atoms with Crippen molar-refractivity contribution in [2.24, 2.45) is 0 Å². The normalized spacial score (nSPS) is 11.4. The van der Waals surface area contributed by atoms with Crippen molar-refractivity contribution in [2.75, 3.05) is 0 Å². The monoisotopic (exact) mass is 228 g/mol. The van der Waals surface area contributed by atoms with Gasteiger partial charge in [-0.05, 0) is 24.3 Å². The second-order valence-electron chi connectivity index (χ2n) is 3.06. The Morgan fingerprint density at radius 1 is 1.06 bits per heavy atom. The molecule has 16 heavy (non-hydrogen) atoms. The molecular formula is C10H7F3N2O. The number of benzene rings is 1. The lowest BCUT2D eigenvalue weighted by Crippen LogP contribution is -2.03. The van der Waals surface area contributed by atoms with Gasteiger partial charge in [-0.15, -0.1) is 0 Å². The first-order chi connectivity index (χ1) is 7.55. The van der Waals surface area contributed by atoms with Crippen LogP contribution in [0.15, 0.2) is 36.7 Å². The van der Waals surface area contributed by atoms with Gasteiger partial charge < -0.3 is 4.74 Å². The molecule has 1 N–H and O–H groups in total. The predicted molar refractivity (Wildman–Crippen MR) is 50.1 cm³/mol. The smallest absolute Gasteiger partial charge is 0.416 e. The molecule has 0 bridgehead atoms. The van der Waals surface area contributed by atoms with Crippen molar-refractivity contribution in [3.8, 4) is 11.5 Å². The Balaban J connectivity index is 2.14. The molecule has 0 saturated carbocycles. The molecule has 0 atom stereocenters. The Bertz CT molecular complexity index is 448. The van der Waals surface area contributed by atoms with Gasteiger partial charge in [0, 0.05) is 0 Å². The standard InChI is InChI=1S/C10H7F3N2O/c11-10(12,13)7-1-3-8(4-2-7)16-9-5-14-15-6-9/h1-6H,(H,14,15). The maximum atomic E-state index is 12.2. The lowest BCUT2D eigenvalue weighted by Gasteiger charge is -2.07. The van der Waals surface area contributed by atoms with E-state index in [1.165, 1.54) is 24.5 Å². The molecule has 2 aromatic rings. The summed E-state index contributed by atoms with van der Waals surface area (Å²) in [5.41, 5.74) is -0.702. The highest BCUT2D eigenvalue weighted by Crippen LogP contribution is 2.31. The van der Waals surface area contributed by atoms with E-state index in [4.69, 9.17) is 4.74 Å². The highest BCUT2D eigenvalue weighted by atomic mass is 19.4. The van der Waals surface area contributed by atoms with E-state index in [2.05, 4.69) is 10.2 Å². The van der Waals surface area contributed by atoms with Crippen LogP contribution in [0.4, 0.5) is 13.2 Å². The van der Waals surface area contributed by atoms with Crippen LogP contribution >= 0.6 is 0 Å². The Morgan fingerprint density at radius 3 is 2.25 bits per heavy atom. The van der Waals surface area contributed by atoms with Gasteiger partial charge in [0.2, 0.25) is 0 Å². The summed E-state index contributed by atoms with van der Waals surface area (Å²) in [5, 5.41) is 6.18. The van der Waals surface area contributed by atoms with Crippen molar-refractivity contribution < 1.29 is 17.9 Å². The van der Waals surface area contributed by atoms with E-state index in [1.807, 2.05) is 0 Å². The van der Waals surface area contributed by atoms with Gasteiger partial charge in [-0.2, -0.15) is 18.3 Å². The van der Waals surface area contributed by atoms with E-state index in [0.717, 1.165) is 12.1 Å². The number of hydrogen-bond acceptors (Lipinski definition) is 2. The quantitative estimate of drug-likeness (QED) is 0.856. The van der Waals surface area contributed by atoms with Crippen LogP contribution in [0.1, 0.15) is 5.56 Å². The topological polar surface area (TPSA) is 37.9 Å². The van der Waals surface area contributed by atoms with Crippen LogP contribution in [-0.2, 0) is 6.18 Å². The number of rotatable bonds is 2. The first kappa shape index (κ1) is 10.5. The fourth-order valence-electron chi connectivity index (χ4n) is 1.14. The van der Waals surface area contributed by atoms with Crippen LogP contribution in [0.25, 0.3) is 0 Å². The third-order valence-electron chi connectivity index (χ3n) is 1.89. The first-order valence-corrected chi connectivity index (χ1v) is 4.39. The summed E-state index contributed by atoms with van der Waals surface area (Å²) in [4.78, 5) is 0. The largest absolute Gasteiger partial charge is 0.454 e. The summed E-state index contributed by atoms with van der Waals surface area (Å²) in [5.74, 6) is 0.772. The molecule has 0 aliphatic rings. The van der Waals surface area contributed by atoms with Gasteiger partial charge in [0.05, 0.1) is 18.0 Å². The van der Waals surface area contributed by atoms with Crippen LogP contribution in [0.5, 0.6) is 11.5 Å². The molecule has 2 rings (SSSR count). The fourth-order valence-corrected chi connectivity index (χ4v) is 1.14. The Kier molecular flexibility index (Phi) is 2.55. The molecule has 0 amide bonds. The number of aromatic amines is 1. The lowest BCUT2D eigenvalue weighted by molar-refractivity contribution is -0.137. The molecule has 0 aliphatic heterocycles. The predicted octanol–water partition coefficient (Wildman–Crippen LogP) is 3.22. The molecule has 1 aromatic carbocycles. The van der Waals surface area contributed by atoms with Crippen molar-refractivity contribution in [1.29, 1.82) is 0 Å². The summed E-state index contributed by atoms with van der Waals surface area (Å²) in [7, 11) is 0. The minimum absolute atomic E-state index is 0.328. The van der Waals surface area contributed by atoms with Crippen LogP contribution < -0.4 is 4.74 Å². The van der Waals surface area contributed by atoms with Gasteiger partial charge in [0.25, 0.3) is 0 Å². The van der Waals surface area contributed by atoms with Gasteiger partial charge >= 0.3 is 6.18 Å². The summed E-state index contributed by atoms with van der Waals surface area (Å²) in [6.07, 6.45) is -1.40. The average molecular weight is 228 g/mol. The number of nitrogens with zero attached hydrogens (tertiary/aromatic N) is 1. The second kappa shape index (κ2) is 3.88. The number of halogens is 3. The Labute approximate surface area is 88.9 Å². The van der Waals surface area contributed by atoms with Gasteiger partial charge in [0.15, 0.2) is 5.75 Å². The van der Waals surface area contributed by atoms with Crippen LogP contribution in [0, 0.1) is 0 Å². The second-order valence-corrected chi connectivity index (χ2v) is 3.06. The maximum absolute atomic E-state index is 12.2. The Hall–Kier alpha value is -1.98. The molecule has 0 saturated heterocycles. The number of ether oxygens (including phenoxy) is 1. The summed E-state index contributed by atoms with van der Waals surface area (Å²) in [6, 6.07) is 4.45. The third kappa shape index (κ3) is 2.33. The highest BCUT2D eigenvalue weighted by molar-refractivity contribution is 5.32. The van der Waals surface area contributed by atoms with Crippen molar-refractivity contribution in [3.05, 3.63) is 42.2 Å². The summed E-state index contributed by atoms with van der Waals surface area (Å²) < 4.78 is 41.9. The molecule has 3 nitrogen and oxygen atoms in total. The van der Waals surface area contributed by atoms with Crippen LogP contribution in [-0.4, -0.2) is 10.2 Å². The van der Waals surface area contributed by atoms with Crippen molar-refractivity contribution >= 4 is 0 Å². The third-order valence-corrected chi connectivity index (χ3v) is 1.89. The van der Waals surface area contributed by atoms with Gasteiger partial charge in [-0.1, -0.05) is 0 Å². The lowest BCUT2D eigenvalue weighted by atomic mass is 10.2. The molecule has 0 unspecified atom stereocenters. The summed E-state index contributed by atoms with van der Waals surface area (Å²) >= 11 is 0. The zero-order valence-electron chi connectivity index (χ0n) is 7.95. The Morgan fingerprint density at radius 2 is 1.75 bits per heavy atom. The van der Waals surface area contributed by atoms with Gasteiger partial charge in [0.1, 0.15) is 5.75 Å². The zero-order valence-corrected chi connectivity index (χ0v) is 7.95. The minimum atomic E-state index is -4.33. The molecule has 0 aliphatic carbocycles. The SMILES string of the molecule is FC(F)(F)c1ccc(Oc2cn[nH]c2)cc1. The van der Waals surface area contributed by atoms with Crippen molar-refractivity contribution in [3.63, 3.8) is 0 Å². The summed E-state index contributed by atoms with van der Waals surface area (Å²) in [6.45, 7) is 0. The number of hydrogen-bond donors (Lipinski definition) is 1. The molecule has 0 fully saturated rings. The number of H-pyrrole nitrogens is 1. The molecular weight excluding hydrogens is 221 g/mol. The molecule has 84 valence electrons. The van der Waals surface area contributed by atoms with E-state index in [0.29, 0.717) is 11.5 Å².